The summed E-state index contributed by atoms with van der Waals surface area (Å²) in [6.07, 6.45) is -2.55. The van der Waals surface area contributed by atoms with Gasteiger partial charge in [-0.05, 0) is 24.3 Å². The molecule has 0 unspecified atom stereocenters. The van der Waals surface area contributed by atoms with Crippen molar-refractivity contribution in [3.63, 3.8) is 0 Å². The molecule has 1 saturated heterocycles. The number of rotatable bonds is 2. The Morgan fingerprint density at radius 3 is 2.48 bits per heavy atom. The van der Waals surface area contributed by atoms with E-state index >= 15 is 0 Å². The molecule has 7 nitrogen and oxygen atoms in total. The van der Waals surface area contributed by atoms with Crippen LogP contribution in [0.1, 0.15) is 11.1 Å². The van der Waals surface area contributed by atoms with Crippen LogP contribution in [0.5, 0.6) is 0 Å². The molecule has 1 aromatic heterocycles. The molecule has 5 atom stereocenters. The van der Waals surface area contributed by atoms with Crippen LogP contribution in [-0.2, 0) is 4.74 Å². The minimum absolute atomic E-state index is 0.498. The first-order valence-electron chi connectivity index (χ1n) is 10.2. The van der Waals surface area contributed by atoms with Crippen molar-refractivity contribution >= 4 is 11.6 Å². The average molecular weight is 465 g/mol. The molecule has 0 amide bonds. The standard InChI is InChI=1S/C25H21ClN2O5/c26-19-8-4-5-9-20(19)28-15-18(14-27-28)10-11-22-25(32,13-12-17-6-2-1-3-7-17)24(31)23(30)21(16-29)33-22/h1-9,14-15,21-24,29-32H,16H2/t21-,22-,23-,24+,25-/m1/s1. The molecule has 168 valence electrons. The largest absolute Gasteiger partial charge is 0.394 e. The quantitative estimate of drug-likeness (QED) is 0.424. The molecule has 2 heterocycles. The SMILES string of the molecule is OC[C@H]1O[C@H](C#Cc2cnn(-c3ccccc3Cl)c2)[C@](O)(C#Cc2ccccc2)[C@@H](O)[C@@H]1O. The Kier molecular flexibility index (Phi) is 6.83. The molecule has 3 aromatic rings. The number of aromatic nitrogens is 2. The van der Waals surface area contributed by atoms with Crippen molar-refractivity contribution in [2.75, 3.05) is 6.61 Å². The van der Waals surface area contributed by atoms with Gasteiger partial charge in [-0.3, -0.25) is 0 Å². The van der Waals surface area contributed by atoms with E-state index in [9.17, 15) is 20.4 Å². The summed E-state index contributed by atoms with van der Waals surface area (Å²) in [5.41, 5.74) is -0.430. The predicted molar refractivity (Wildman–Crippen MR) is 121 cm³/mol. The summed E-state index contributed by atoms with van der Waals surface area (Å²) in [4.78, 5) is 0. The minimum Gasteiger partial charge on any atom is -0.394 e. The molecule has 0 radical (unpaired) electrons. The highest BCUT2D eigenvalue weighted by atomic mass is 35.5. The third kappa shape index (κ3) is 4.80. The number of aliphatic hydroxyl groups is 4. The molecule has 33 heavy (non-hydrogen) atoms. The third-order valence-electron chi connectivity index (χ3n) is 5.26. The van der Waals surface area contributed by atoms with Gasteiger partial charge in [-0.15, -0.1) is 0 Å². The van der Waals surface area contributed by atoms with Gasteiger partial charge in [0.1, 0.15) is 18.3 Å². The Balaban J connectivity index is 1.67. The zero-order valence-corrected chi connectivity index (χ0v) is 18.1. The minimum atomic E-state index is -2.20. The van der Waals surface area contributed by atoms with Gasteiger partial charge in [0.2, 0.25) is 0 Å². The Labute approximate surface area is 195 Å². The first kappa shape index (κ1) is 23.0. The van der Waals surface area contributed by atoms with Crippen LogP contribution in [0.15, 0.2) is 67.0 Å². The molecule has 2 aromatic carbocycles. The number of hydrogen-bond acceptors (Lipinski definition) is 6. The van der Waals surface area contributed by atoms with Gasteiger partial charge in [-0.25, -0.2) is 4.68 Å². The lowest BCUT2D eigenvalue weighted by Crippen LogP contribution is -2.65. The van der Waals surface area contributed by atoms with Crippen LogP contribution in [0.3, 0.4) is 0 Å². The molecule has 1 aliphatic rings. The van der Waals surface area contributed by atoms with E-state index in [1.54, 1.807) is 47.3 Å². The normalized spacial score (nSPS) is 26.6. The van der Waals surface area contributed by atoms with Gasteiger partial charge >= 0.3 is 0 Å². The topological polar surface area (TPSA) is 108 Å². The fourth-order valence-corrected chi connectivity index (χ4v) is 3.63. The van der Waals surface area contributed by atoms with Crippen LogP contribution in [0.25, 0.3) is 5.69 Å². The average Bonchev–Trinajstić information content (AvgIpc) is 3.31. The third-order valence-corrected chi connectivity index (χ3v) is 5.58. The second kappa shape index (κ2) is 9.78. The number of aliphatic hydroxyl groups excluding tert-OH is 3. The van der Waals surface area contributed by atoms with Crippen LogP contribution < -0.4 is 0 Å². The molecule has 4 rings (SSSR count). The zero-order chi connectivity index (χ0) is 23.4. The Morgan fingerprint density at radius 2 is 1.76 bits per heavy atom. The summed E-state index contributed by atoms with van der Waals surface area (Å²) < 4.78 is 7.18. The lowest BCUT2D eigenvalue weighted by Gasteiger charge is -2.43. The Bertz CT molecular complexity index is 1240. The van der Waals surface area contributed by atoms with Gasteiger partial charge in [-0.1, -0.05) is 65.6 Å². The number of benzene rings is 2. The van der Waals surface area contributed by atoms with Crippen LogP contribution in [0, 0.1) is 23.7 Å². The molecule has 8 heteroatoms. The number of nitrogens with zero attached hydrogens (tertiary/aromatic N) is 2. The van der Waals surface area contributed by atoms with Crippen molar-refractivity contribution in [2.45, 2.75) is 30.0 Å². The van der Waals surface area contributed by atoms with Crippen LogP contribution >= 0.6 is 11.6 Å². The van der Waals surface area contributed by atoms with Gasteiger partial charge in [0, 0.05) is 11.8 Å². The van der Waals surface area contributed by atoms with Crippen LogP contribution in [0.4, 0.5) is 0 Å². The monoisotopic (exact) mass is 464 g/mol. The van der Waals surface area contributed by atoms with Gasteiger partial charge in [0.05, 0.1) is 29.1 Å². The zero-order valence-electron chi connectivity index (χ0n) is 17.3. The summed E-state index contributed by atoms with van der Waals surface area (Å²) in [6, 6.07) is 16.1. The lowest BCUT2D eigenvalue weighted by atomic mass is 9.82. The van der Waals surface area contributed by atoms with Crippen molar-refractivity contribution in [3.05, 3.63) is 83.1 Å². The molecular formula is C25H21ClN2O5. The summed E-state index contributed by atoms with van der Waals surface area (Å²) in [7, 11) is 0. The van der Waals surface area contributed by atoms with Crippen LogP contribution in [0.2, 0.25) is 5.02 Å². The van der Waals surface area contributed by atoms with Crippen molar-refractivity contribution in [1.29, 1.82) is 0 Å². The Morgan fingerprint density at radius 1 is 1.03 bits per heavy atom. The van der Waals surface area contributed by atoms with E-state index in [1.807, 2.05) is 18.2 Å². The highest BCUT2D eigenvalue weighted by Crippen LogP contribution is 2.30. The first-order valence-corrected chi connectivity index (χ1v) is 10.5. The second-order valence-electron chi connectivity index (χ2n) is 7.51. The molecule has 0 spiro atoms. The van der Waals surface area contributed by atoms with Gasteiger partial charge < -0.3 is 25.2 Å². The van der Waals surface area contributed by atoms with E-state index in [2.05, 4.69) is 28.8 Å². The molecule has 0 aliphatic carbocycles. The molecule has 0 bridgehead atoms. The molecular weight excluding hydrogens is 444 g/mol. The number of ether oxygens (including phenoxy) is 1. The van der Waals surface area contributed by atoms with E-state index in [4.69, 9.17) is 16.3 Å². The van der Waals surface area contributed by atoms with Crippen molar-refractivity contribution in [3.8, 4) is 29.4 Å². The number of hydrogen-bond donors (Lipinski definition) is 4. The fraction of sp³-hybridized carbons (Fsp3) is 0.240. The highest BCUT2D eigenvalue weighted by Gasteiger charge is 2.53. The molecule has 1 fully saturated rings. The van der Waals surface area contributed by atoms with Gasteiger partial charge in [-0.2, -0.15) is 5.10 Å². The summed E-state index contributed by atoms with van der Waals surface area (Å²) in [6.45, 7) is -0.566. The number of para-hydroxylation sites is 1. The van der Waals surface area contributed by atoms with Crippen LogP contribution in [-0.4, -0.2) is 66.8 Å². The smallest absolute Gasteiger partial charge is 0.191 e. The highest BCUT2D eigenvalue weighted by molar-refractivity contribution is 6.32. The van der Waals surface area contributed by atoms with Gasteiger partial charge in [0.25, 0.3) is 0 Å². The maximum Gasteiger partial charge on any atom is 0.191 e. The summed E-state index contributed by atoms with van der Waals surface area (Å²) in [5.74, 6) is 11.0. The van der Waals surface area contributed by atoms with Crippen molar-refractivity contribution in [1.82, 2.24) is 9.78 Å². The second-order valence-corrected chi connectivity index (χ2v) is 7.92. The van der Waals surface area contributed by atoms with E-state index in [0.717, 1.165) is 0 Å². The van der Waals surface area contributed by atoms with E-state index in [0.29, 0.717) is 21.8 Å². The van der Waals surface area contributed by atoms with E-state index in [-0.39, 0.29) is 0 Å². The molecule has 1 aliphatic heterocycles. The number of halogens is 1. The maximum absolute atomic E-state index is 11.2. The lowest BCUT2D eigenvalue weighted by molar-refractivity contribution is -0.239. The molecule has 0 saturated carbocycles. The van der Waals surface area contributed by atoms with Crippen molar-refractivity contribution < 1.29 is 25.2 Å². The predicted octanol–water partition coefficient (Wildman–Crippen LogP) is 1.14. The summed E-state index contributed by atoms with van der Waals surface area (Å²) in [5, 5.41) is 46.4. The van der Waals surface area contributed by atoms with Crippen molar-refractivity contribution in [2.24, 2.45) is 0 Å². The Hall–Kier alpha value is -3.14. The van der Waals surface area contributed by atoms with Gasteiger partial charge in [0.15, 0.2) is 11.7 Å². The first-order chi connectivity index (χ1) is 15.9. The van der Waals surface area contributed by atoms with E-state index in [1.165, 1.54) is 6.20 Å². The van der Waals surface area contributed by atoms with E-state index < -0.39 is 36.6 Å². The fourth-order valence-electron chi connectivity index (χ4n) is 3.41. The molecule has 4 N–H and O–H groups in total. The summed E-state index contributed by atoms with van der Waals surface area (Å²) >= 11 is 6.21. The maximum atomic E-state index is 11.2.